The van der Waals surface area contributed by atoms with Crippen molar-refractivity contribution in [2.75, 3.05) is 0 Å². The first-order chi connectivity index (χ1) is 8.92. The first-order valence-corrected chi connectivity index (χ1v) is 6.38. The summed E-state index contributed by atoms with van der Waals surface area (Å²) in [6.07, 6.45) is 3.39. The predicted octanol–water partition coefficient (Wildman–Crippen LogP) is 4.00. The average molecular weight is 254 g/mol. The molecule has 0 aliphatic carbocycles. The van der Waals surface area contributed by atoms with Crippen LogP contribution < -0.4 is 4.74 Å². The molecule has 3 nitrogen and oxygen atoms in total. The molecule has 2 heterocycles. The second-order valence-corrected chi connectivity index (χ2v) is 4.47. The monoisotopic (exact) mass is 254 g/mol. The SMILES string of the molecule is c1ccc(-c2csc(Oc3ccncc3)n2)cc1. The van der Waals surface area contributed by atoms with Crippen LogP contribution in [0.1, 0.15) is 0 Å². The lowest BCUT2D eigenvalue weighted by Crippen LogP contribution is -1.83. The third-order valence-electron chi connectivity index (χ3n) is 2.41. The van der Waals surface area contributed by atoms with E-state index in [4.69, 9.17) is 4.74 Å². The van der Waals surface area contributed by atoms with Crippen molar-refractivity contribution in [1.82, 2.24) is 9.97 Å². The summed E-state index contributed by atoms with van der Waals surface area (Å²) < 4.78 is 5.65. The maximum absolute atomic E-state index is 5.65. The minimum Gasteiger partial charge on any atom is -0.431 e. The van der Waals surface area contributed by atoms with Crippen LogP contribution in [0.3, 0.4) is 0 Å². The van der Waals surface area contributed by atoms with E-state index in [0.717, 1.165) is 17.0 Å². The number of ether oxygens (including phenoxy) is 1. The van der Waals surface area contributed by atoms with Gasteiger partial charge >= 0.3 is 0 Å². The molecule has 88 valence electrons. The van der Waals surface area contributed by atoms with Gasteiger partial charge < -0.3 is 4.74 Å². The summed E-state index contributed by atoms with van der Waals surface area (Å²) in [7, 11) is 0. The maximum Gasteiger partial charge on any atom is 0.279 e. The summed E-state index contributed by atoms with van der Waals surface area (Å²) in [5.41, 5.74) is 2.03. The standard InChI is InChI=1S/C14H10N2OS/c1-2-4-11(5-3-1)13-10-18-14(16-13)17-12-6-8-15-9-7-12/h1-10H. The van der Waals surface area contributed by atoms with Crippen LogP contribution in [0, 0.1) is 0 Å². The van der Waals surface area contributed by atoms with Crippen molar-refractivity contribution in [1.29, 1.82) is 0 Å². The number of aromatic nitrogens is 2. The molecule has 0 fully saturated rings. The van der Waals surface area contributed by atoms with Gasteiger partial charge in [-0.05, 0) is 12.1 Å². The molecule has 18 heavy (non-hydrogen) atoms. The Hall–Kier alpha value is -2.20. The summed E-state index contributed by atoms with van der Waals surface area (Å²) in [6, 6.07) is 13.7. The first-order valence-electron chi connectivity index (χ1n) is 5.51. The van der Waals surface area contributed by atoms with Crippen LogP contribution in [0.15, 0.2) is 60.2 Å². The smallest absolute Gasteiger partial charge is 0.279 e. The summed E-state index contributed by atoms with van der Waals surface area (Å²) >= 11 is 1.49. The quantitative estimate of drug-likeness (QED) is 0.708. The van der Waals surface area contributed by atoms with Gasteiger partial charge in [-0.25, -0.2) is 4.98 Å². The number of hydrogen-bond acceptors (Lipinski definition) is 4. The molecule has 0 atom stereocenters. The number of pyridine rings is 1. The zero-order chi connectivity index (χ0) is 12.2. The molecule has 0 spiro atoms. The molecular weight excluding hydrogens is 244 g/mol. The van der Waals surface area contributed by atoms with E-state index in [2.05, 4.69) is 9.97 Å². The van der Waals surface area contributed by atoms with Crippen LogP contribution in [-0.2, 0) is 0 Å². The van der Waals surface area contributed by atoms with Gasteiger partial charge in [0.1, 0.15) is 5.75 Å². The van der Waals surface area contributed by atoms with Crippen molar-refractivity contribution >= 4 is 11.3 Å². The number of thiazole rings is 1. The molecule has 0 N–H and O–H groups in total. The average Bonchev–Trinajstić information content (AvgIpc) is 2.89. The zero-order valence-corrected chi connectivity index (χ0v) is 10.3. The second-order valence-electron chi connectivity index (χ2n) is 3.65. The third kappa shape index (κ3) is 2.38. The lowest BCUT2D eigenvalue weighted by atomic mass is 10.2. The summed E-state index contributed by atoms with van der Waals surface area (Å²) in [5.74, 6) is 0.749. The van der Waals surface area contributed by atoms with Gasteiger partial charge in [-0.3, -0.25) is 4.98 Å². The molecule has 0 aliphatic rings. The van der Waals surface area contributed by atoms with Gasteiger partial charge in [0.15, 0.2) is 0 Å². The van der Waals surface area contributed by atoms with Crippen molar-refractivity contribution in [3.8, 4) is 22.2 Å². The number of nitrogens with zero attached hydrogens (tertiary/aromatic N) is 2. The summed E-state index contributed by atoms with van der Waals surface area (Å²) in [4.78, 5) is 8.39. The topological polar surface area (TPSA) is 35.0 Å². The van der Waals surface area contributed by atoms with Crippen LogP contribution in [0.2, 0.25) is 0 Å². The Morgan fingerprint density at radius 3 is 2.50 bits per heavy atom. The van der Waals surface area contributed by atoms with Gasteiger partial charge in [-0.1, -0.05) is 41.7 Å². The van der Waals surface area contributed by atoms with Gasteiger partial charge in [0.25, 0.3) is 5.19 Å². The number of hydrogen-bond donors (Lipinski definition) is 0. The molecule has 0 amide bonds. The normalized spacial score (nSPS) is 10.2. The minimum atomic E-state index is 0.639. The highest BCUT2D eigenvalue weighted by Gasteiger charge is 2.05. The second kappa shape index (κ2) is 4.98. The Morgan fingerprint density at radius 1 is 0.944 bits per heavy atom. The zero-order valence-electron chi connectivity index (χ0n) is 9.48. The molecule has 0 bridgehead atoms. The minimum absolute atomic E-state index is 0.639. The maximum atomic E-state index is 5.65. The molecule has 4 heteroatoms. The van der Waals surface area contributed by atoms with Crippen molar-refractivity contribution in [2.45, 2.75) is 0 Å². The van der Waals surface area contributed by atoms with Gasteiger partial charge in [0.2, 0.25) is 0 Å². The van der Waals surface area contributed by atoms with E-state index in [1.807, 2.05) is 47.8 Å². The van der Waals surface area contributed by atoms with Crippen molar-refractivity contribution < 1.29 is 4.74 Å². The number of rotatable bonds is 3. The lowest BCUT2D eigenvalue weighted by Gasteiger charge is -1.99. The van der Waals surface area contributed by atoms with Crippen LogP contribution in [-0.4, -0.2) is 9.97 Å². The molecule has 1 aromatic carbocycles. The summed E-state index contributed by atoms with van der Waals surface area (Å²) in [6.45, 7) is 0. The van der Waals surface area contributed by atoms with E-state index < -0.39 is 0 Å². The lowest BCUT2D eigenvalue weighted by molar-refractivity contribution is 0.478. The van der Waals surface area contributed by atoms with E-state index in [9.17, 15) is 0 Å². The Labute approximate surface area is 109 Å². The van der Waals surface area contributed by atoms with Crippen LogP contribution in [0.5, 0.6) is 10.9 Å². The Morgan fingerprint density at radius 2 is 1.72 bits per heavy atom. The van der Waals surface area contributed by atoms with Gasteiger partial charge in [0, 0.05) is 23.3 Å². The molecule has 0 radical (unpaired) electrons. The first kappa shape index (κ1) is 10.9. The van der Waals surface area contributed by atoms with E-state index in [1.54, 1.807) is 12.4 Å². The predicted molar refractivity (Wildman–Crippen MR) is 71.9 cm³/mol. The highest BCUT2D eigenvalue weighted by atomic mass is 32.1. The van der Waals surface area contributed by atoms with E-state index >= 15 is 0 Å². The molecule has 0 unspecified atom stereocenters. The van der Waals surface area contributed by atoms with Crippen molar-refractivity contribution in [3.05, 3.63) is 60.2 Å². The fourth-order valence-electron chi connectivity index (χ4n) is 1.55. The fraction of sp³-hybridized carbons (Fsp3) is 0. The van der Waals surface area contributed by atoms with E-state index in [1.165, 1.54) is 11.3 Å². The molecule has 0 saturated carbocycles. The molecular formula is C14H10N2OS. The molecule has 0 aliphatic heterocycles. The number of benzene rings is 1. The van der Waals surface area contributed by atoms with E-state index in [0.29, 0.717) is 5.19 Å². The molecule has 3 rings (SSSR count). The van der Waals surface area contributed by atoms with Gasteiger partial charge in [-0.2, -0.15) is 0 Å². The Kier molecular flexibility index (Phi) is 3.02. The Bertz CT molecular complexity index is 623. The third-order valence-corrected chi connectivity index (χ3v) is 3.12. The van der Waals surface area contributed by atoms with Gasteiger partial charge in [0.05, 0.1) is 5.69 Å². The summed E-state index contributed by atoms with van der Waals surface area (Å²) in [5, 5.41) is 2.63. The van der Waals surface area contributed by atoms with Crippen molar-refractivity contribution in [3.63, 3.8) is 0 Å². The highest BCUT2D eigenvalue weighted by Crippen LogP contribution is 2.29. The van der Waals surface area contributed by atoms with Crippen molar-refractivity contribution in [2.24, 2.45) is 0 Å². The highest BCUT2D eigenvalue weighted by molar-refractivity contribution is 7.11. The van der Waals surface area contributed by atoms with Gasteiger partial charge in [-0.15, -0.1) is 0 Å². The molecule has 3 aromatic rings. The molecule has 2 aromatic heterocycles. The van der Waals surface area contributed by atoms with E-state index in [-0.39, 0.29) is 0 Å². The van der Waals surface area contributed by atoms with Crippen LogP contribution >= 0.6 is 11.3 Å². The fourth-order valence-corrected chi connectivity index (χ4v) is 2.25. The Balaban J connectivity index is 1.82. The molecule has 0 saturated heterocycles. The van der Waals surface area contributed by atoms with Crippen LogP contribution in [0.4, 0.5) is 0 Å². The van der Waals surface area contributed by atoms with Crippen LogP contribution in [0.25, 0.3) is 11.3 Å². The largest absolute Gasteiger partial charge is 0.431 e.